The molecule has 3 fully saturated rings. The fourth-order valence-electron chi connectivity index (χ4n) is 7.85. The van der Waals surface area contributed by atoms with E-state index in [-0.39, 0.29) is 5.54 Å². The lowest BCUT2D eigenvalue weighted by Crippen LogP contribution is -2.49. The minimum atomic E-state index is -1.23. The third kappa shape index (κ3) is 5.59. The first-order chi connectivity index (χ1) is 15.0. The van der Waals surface area contributed by atoms with Crippen LogP contribution < -0.4 is 5.32 Å². The largest absolute Gasteiger partial charge is 0.313 e. The van der Waals surface area contributed by atoms with Crippen LogP contribution in [0.3, 0.4) is 0 Å². The van der Waals surface area contributed by atoms with Crippen molar-refractivity contribution in [1.82, 2.24) is 5.32 Å². The summed E-state index contributed by atoms with van der Waals surface area (Å²) in [5, 5.41) is 5.95. The number of nitrogens with zero attached hydrogens (tertiary/aromatic N) is 1. The zero-order valence-corrected chi connectivity index (χ0v) is 22.7. The molecule has 9 atom stereocenters. The molecule has 0 saturated heterocycles. The normalized spacial score (nSPS) is 45.2. The maximum atomic E-state index is 14.0. The van der Waals surface area contributed by atoms with Crippen LogP contribution in [0.25, 0.3) is 0 Å². The smallest absolute Gasteiger partial charge is 0.133 e. The second kappa shape index (κ2) is 10.3. The van der Waals surface area contributed by atoms with Gasteiger partial charge in [-0.2, -0.15) is 4.91 Å². The molecule has 0 aliphatic heterocycles. The predicted octanol–water partition coefficient (Wildman–Crippen LogP) is 7.88. The SMILES string of the molecule is CC[C@]1(N=O)CCC2(C)C3CCCC(CNCC(C)(F)P)C(C)(CC3)C(C)CCCC2C1. The quantitative estimate of drug-likeness (QED) is 0.318. The third-order valence-corrected chi connectivity index (χ3v) is 10.9. The van der Waals surface area contributed by atoms with Crippen LogP contribution in [-0.4, -0.2) is 24.0 Å². The zero-order valence-electron chi connectivity index (χ0n) is 21.5. The van der Waals surface area contributed by atoms with Crippen LogP contribution >= 0.6 is 9.24 Å². The summed E-state index contributed by atoms with van der Waals surface area (Å²) in [7, 11) is 2.32. The molecular formula is C27H50FN2OP. The molecule has 0 aromatic heterocycles. The van der Waals surface area contributed by atoms with Gasteiger partial charge in [-0.15, -0.1) is 0 Å². The highest BCUT2D eigenvalue weighted by Gasteiger charge is 2.52. The molecule has 1 N–H and O–H groups in total. The Morgan fingerprint density at radius 2 is 1.72 bits per heavy atom. The van der Waals surface area contributed by atoms with Gasteiger partial charge in [-0.1, -0.05) is 61.4 Å². The topological polar surface area (TPSA) is 41.5 Å². The number of hydrogen-bond acceptors (Lipinski definition) is 3. The van der Waals surface area contributed by atoms with Crippen LogP contribution in [0.4, 0.5) is 4.39 Å². The van der Waals surface area contributed by atoms with Gasteiger partial charge in [0.15, 0.2) is 0 Å². The van der Waals surface area contributed by atoms with E-state index in [1.165, 1.54) is 57.8 Å². The van der Waals surface area contributed by atoms with Crippen LogP contribution in [0.15, 0.2) is 5.18 Å². The molecule has 3 saturated carbocycles. The van der Waals surface area contributed by atoms with Crippen LogP contribution in [0.2, 0.25) is 0 Å². The number of rotatable bonds is 6. The zero-order chi connectivity index (χ0) is 23.6. The van der Waals surface area contributed by atoms with Crippen LogP contribution in [0.1, 0.15) is 112 Å². The molecule has 5 heteroatoms. The van der Waals surface area contributed by atoms with Crippen molar-refractivity contribution in [3.05, 3.63) is 4.91 Å². The highest BCUT2D eigenvalue weighted by atomic mass is 31.0. The molecule has 3 nitrogen and oxygen atoms in total. The maximum absolute atomic E-state index is 14.0. The predicted molar refractivity (Wildman–Crippen MR) is 138 cm³/mol. The molecule has 2 bridgehead atoms. The van der Waals surface area contributed by atoms with Crippen molar-refractivity contribution in [2.45, 2.75) is 123 Å². The fraction of sp³-hybridized carbons (Fsp3) is 1.00. The monoisotopic (exact) mass is 468 g/mol. The van der Waals surface area contributed by atoms with Gasteiger partial charge in [0.25, 0.3) is 0 Å². The highest BCUT2D eigenvalue weighted by Crippen LogP contribution is 2.59. The molecule has 186 valence electrons. The van der Waals surface area contributed by atoms with Gasteiger partial charge in [0.05, 0.1) is 0 Å². The third-order valence-electron chi connectivity index (χ3n) is 10.7. The van der Waals surface area contributed by atoms with E-state index in [0.29, 0.717) is 35.1 Å². The van der Waals surface area contributed by atoms with E-state index in [1.807, 2.05) is 0 Å². The Morgan fingerprint density at radius 3 is 2.38 bits per heavy atom. The van der Waals surface area contributed by atoms with Gasteiger partial charge in [-0.3, -0.25) is 0 Å². The molecule has 0 aromatic rings. The maximum Gasteiger partial charge on any atom is 0.133 e. The van der Waals surface area contributed by atoms with Crippen molar-refractivity contribution in [3.8, 4) is 0 Å². The Bertz CT molecular complexity index is 640. The van der Waals surface area contributed by atoms with Crippen LogP contribution in [0, 0.1) is 39.4 Å². The summed E-state index contributed by atoms with van der Waals surface area (Å²) >= 11 is 0. The molecule has 3 aliphatic rings. The van der Waals surface area contributed by atoms with Gasteiger partial charge >= 0.3 is 0 Å². The Kier molecular flexibility index (Phi) is 8.51. The number of hydrogen-bond donors (Lipinski definition) is 1. The van der Waals surface area contributed by atoms with E-state index in [2.05, 4.69) is 47.4 Å². The molecule has 3 rings (SSSR count). The number of nitrogens with one attached hydrogen (secondary N) is 1. The average molecular weight is 469 g/mol. The second-order valence-electron chi connectivity index (χ2n) is 12.7. The fourth-order valence-corrected chi connectivity index (χ4v) is 7.99. The van der Waals surface area contributed by atoms with Crippen molar-refractivity contribution >= 4 is 9.24 Å². The molecular weight excluding hydrogens is 418 g/mol. The molecule has 0 heterocycles. The summed E-state index contributed by atoms with van der Waals surface area (Å²) < 4.78 is 14.0. The molecule has 0 aromatic carbocycles. The van der Waals surface area contributed by atoms with Crippen molar-refractivity contribution in [2.24, 2.45) is 39.7 Å². The number of fused-ring (bicyclic) bond motifs is 5. The number of nitroso groups, excluding NO2 is 1. The van der Waals surface area contributed by atoms with E-state index in [1.54, 1.807) is 6.92 Å². The summed E-state index contributed by atoms with van der Waals surface area (Å²) in [4.78, 5) is 11.8. The minimum Gasteiger partial charge on any atom is -0.313 e. The Morgan fingerprint density at radius 1 is 1.03 bits per heavy atom. The van der Waals surface area contributed by atoms with Gasteiger partial charge < -0.3 is 5.32 Å². The Balaban J connectivity index is 1.81. The molecule has 32 heavy (non-hydrogen) atoms. The van der Waals surface area contributed by atoms with Crippen molar-refractivity contribution < 1.29 is 4.39 Å². The van der Waals surface area contributed by atoms with Crippen LogP contribution in [-0.2, 0) is 0 Å². The number of alkyl halides is 1. The lowest BCUT2D eigenvalue weighted by atomic mass is 9.51. The first kappa shape index (κ1) is 26.5. The molecule has 8 unspecified atom stereocenters. The second-order valence-corrected chi connectivity index (χ2v) is 13.9. The molecule has 0 spiro atoms. The minimum absolute atomic E-state index is 0.310. The molecule has 3 aliphatic carbocycles. The first-order valence-electron chi connectivity index (χ1n) is 13.5. The summed E-state index contributed by atoms with van der Waals surface area (Å²) in [5.41, 5.74) is 0.357. The van der Waals surface area contributed by atoms with E-state index < -0.39 is 5.41 Å². The summed E-state index contributed by atoms with van der Waals surface area (Å²) in [5.74, 6) is 2.69. The van der Waals surface area contributed by atoms with Crippen molar-refractivity contribution in [1.29, 1.82) is 0 Å². The van der Waals surface area contributed by atoms with Gasteiger partial charge in [-0.05, 0) is 106 Å². The summed E-state index contributed by atoms with van der Waals surface area (Å²) in [6.07, 6.45) is 14.3. The first-order valence-corrected chi connectivity index (χ1v) is 14.1. The average Bonchev–Trinajstić information content (AvgIpc) is 2.73. The van der Waals surface area contributed by atoms with E-state index in [0.717, 1.165) is 31.7 Å². The van der Waals surface area contributed by atoms with E-state index in [4.69, 9.17) is 0 Å². The Labute approximate surface area is 199 Å². The molecule has 0 radical (unpaired) electrons. The van der Waals surface area contributed by atoms with E-state index >= 15 is 0 Å². The lowest BCUT2D eigenvalue weighted by Gasteiger charge is -2.55. The summed E-state index contributed by atoms with van der Waals surface area (Å²) in [6.45, 7) is 12.7. The van der Waals surface area contributed by atoms with Gasteiger partial charge in [0.2, 0.25) is 0 Å². The van der Waals surface area contributed by atoms with E-state index in [9.17, 15) is 9.30 Å². The van der Waals surface area contributed by atoms with Gasteiger partial charge in [0, 0.05) is 6.54 Å². The van der Waals surface area contributed by atoms with Crippen molar-refractivity contribution in [3.63, 3.8) is 0 Å². The van der Waals surface area contributed by atoms with Crippen molar-refractivity contribution in [2.75, 3.05) is 13.1 Å². The lowest BCUT2D eigenvalue weighted by molar-refractivity contribution is -0.0390. The van der Waals surface area contributed by atoms with Gasteiger partial charge in [0.1, 0.15) is 10.9 Å². The van der Waals surface area contributed by atoms with Crippen LogP contribution in [0.5, 0.6) is 0 Å². The highest BCUT2D eigenvalue weighted by molar-refractivity contribution is 7.18. The number of halogens is 1. The molecule has 0 amide bonds. The Hall–Kier alpha value is -0.0800. The summed E-state index contributed by atoms with van der Waals surface area (Å²) in [6, 6.07) is 0. The standard InChI is InChI=1S/C27H50FN2OP/c1-6-27(30-31)16-15-25(4)21-10-8-12-23(18-29-19-26(5,28)32)24(3,14-13-21)20(2)9-7-11-22(25)17-27/h20-23,29H,6-19,32H2,1-5H3/t20?,21?,22?,23?,24?,25?,26?,27-/m0/s1. The van der Waals surface area contributed by atoms with Gasteiger partial charge in [-0.25, -0.2) is 4.39 Å².